The Bertz CT molecular complexity index is 537. The van der Waals surface area contributed by atoms with Crippen molar-refractivity contribution in [3.05, 3.63) is 59.4 Å². The summed E-state index contributed by atoms with van der Waals surface area (Å²) >= 11 is 0. The third kappa shape index (κ3) is 3.36. The maximum atomic E-state index is 5.62. The zero-order valence-corrected chi connectivity index (χ0v) is 12.4. The summed E-state index contributed by atoms with van der Waals surface area (Å²) in [4.78, 5) is 4.16. The normalized spacial score (nSPS) is 12.2. The molecule has 0 aliphatic rings. The van der Waals surface area contributed by atoms with Crippen molar-refractivity contribution in [1.82, 2.24) is 10.3 Å². The third-order valence-corrected chi connectivity index (χ3v) is 3.35. The van der Waals surface area contributed by atoms with Crippen molar-refractivity contribution in [1.29, 1.82) is 0 Å². The molecule has 1 aromatic heterocycles. The maximum absolute atomic E-state index is 5.62. The van der Waals surface area contributed by atoms with Crippen LogP contribution >= 0.6 is 0 Å². The number of ether oxygens (including phenoxy) is 1. The molecule has 0 aliphatic carbocycles. The lowest BCUT2D eigenvalue weighted by Gasteiger charge is -2.19. The zero-order chi connectivity index (χ0) is 14.4. The highest BCUT2D eigenvalue weighted by Gasteiger charge is 2.13. The van der Waals surface area contributed by atoms with E-state index in [-0.39, 0.29) is 6.04 Å². The van der Waals surface area contributed by atoms with Gasteiger partial charge in [0.05, 0.1) is 12.6 Å². The highest BCUT2D eigenvalue weighted by atomic mass is 16.5. The van der Waals surface area contributed by atoms with E-state index in [1.165, 1.54) is 16.7 Å². The van der Waals surface area contributed by atoms with Gasteiger partial charge in [0, 0.05) is 12.4 Å². The number of pyridine rings is 1. The molecule has 1 N–H and O–H groups in total. The van der Waals surface area contributed by atoms with Gasteiger partial charge in [0.2, 0.25) is 0 Å². The standard InChI is InChI=1S/C17H22N2O/c1-4-11-20-15-7-5-14(6-8-15)17(18-3)16-9-10-19-12-13(16)2/h5-10,12,17-18H,4,11H2,1-3H3. The molecule has 106 valence electrons. The van der Waals surface area contributed by atoms with Crippen LogP contribution in [0.2, 0.25) is 0 Å². The Balaban J connectivity index is 2.22. The molecule has 0 saturated carbocycles. The molecule has 0 saturated heterocycles. The molecule has 0 bridgehead atoms. The van der Waals surface area contributed by atoms with E-state index in [2.05, 4.69) is 42.3 Å². The fraction of sp³-hybridized carbons (Fsp3) is 0.353. The van der Waals surface area contributed by atoms with Crippen molar-refractivity contribution < 1.29 is 4.74 Å². The molecule has 1 aromatic carbocycles. The van der Waals surface area contributed by atoms with Crippen LogP contribution < -0.4 is 10.1 Å². The van der Waals surface area contributed by atoms with Gasteiger partial charge in [-0.1, -0.05) is 19.1 Å². The molecule has 0 amide bonds. The molecular formula is C17H22N2O. The van der Waals surface area contributed by atoms with E-state index in [0.717, 1.165) is 18.8 Å². The number of aryl methyl sites for hydroxylation is 1. The number of benzene rings is 1. The summed E-state index contributed by atoms with van der Waals surface area (Å²) in [5, 5.41) is 3.37. The molecule has 1 unspecified atom stereocenters. The Morgan fingerprint density at radius 1 is 1.20 bits per heavy atom. The Kier molecular flexibility index (Phi) is 5.13. The minimum absolute atomic E-state index is 0.179. The van der Waals surface area contributed by atoms with Crippen molar-refractivity contribution in [2.75, 3.05) is 13.7 Å². The van der Waals surface area contributed by atoms with Crippen LogP contribution in [-0.4, -0.2) is 18.6 Å². The van der Waals surface area contributed by atoms with E-state index in [1.54, 1.807) is 0 Å². The maximum Gasteiger partial charge on any atom is 0.119 e. The molecule has 0 fully saturated rings. The van der Waals surface area contributed by atoms with Crippen LogP contribution in [0.25, 0.3) is 0 Å². The fourth-order valence-corrected chi connectivity index (χ4v) is 2.29. The highest BCUT2D eigenvalue weighted by molar-refractivity contribution is 5.37. The molecule has 3 nitrogen and oxygen atoms in total. The summed E-state index contributed by atoms with van der Waals surface area (Å²) in [7, 11) is 1.98. The molecule has 3 heteroatoms. The van der Waals surface area contributed by atoms with Crippen molar-refractivity contribution in [2.24, 2.45) is 0 Å². The van der Waals surface area contributed by atoms with Crippen LogP contribution in [0.3, 0.4) is 0 Å². The second-order valence-corrected chi connectivity index (χ2v) is 4.87. The molecule has 0 aliphatic heterocycles. The fourth-order valence-electron chi connectivity index (χ4n) is 2.29. The molecule has 1 heterocycles. The highest BCUT2D eigenvalue weighted by Crippen LogP contribution is 2.25. The molecule has 2 aromatic rings. The molecule has 0 spiro atoms. The van der Waals surface area contributed by atoms with E-state index in [4.69, 9.17) is 4.74 Å². The Morgan fingerprint density at radius 3 is 2.55 bits per heavy atom. The second-order valence-electron chi connectivity index (χ2n) is 4.87. The summed E-state index contributed by atoms with van der Waals surface area (Å²) in [5.74, 6) is 0.928. The predicted molar refractivity (Wildman–Crippen MR) is 82.1 cm³/mol. The van der Waals surface area contributed by atoms with Crippen molar-refractivity contribution in [3.63, 3.8) is 0 Å². The van der Waals surface area contributed by atoms with Crippen LogP contribution in [0.1, 0.15) is 36.1 Å². The molecular weight excluding hydrogens is 248 g/mol. The second kappa shape index (κ2) is 7.06. The van der Waals surface area contributed by atoms with E-state index < -0.39 is 0 Å². The zero-order valence-electron chi connectivity index (χ0n) is 12.4. The van der Waals surface area contributed by atoms with Crippen LogP contribution in [0, 0.1) is 6.92 Å². The van der Waals surface area contributed by atoms with E-state index in [9.17, 15) is 0 Å². The van der Waals surface area contributed by atoms with Gasteiger partial charge in [0.15, 0.2) is 0 Å². The summed E-state index contributed by atoms with van der Waals surface area (Å²) in [5.41, 5.74) is 3.67. The van der Waals surface area contributed by atoms with Crippen molar-refractivity contribution in [3.8, 4) is 5.75 Å². The smallest absolute Gasteiger partial charge is 0.119 e. The topological polar surface area (TPSA) is 34.1 Å². The quantitative estimate of drug-likeness (QED) is 0.872. The van der Waals surface area contributed by atoms with Gasteiger partial charge in [-0.15, -0.1) is 0 Å². The van der Waals surface area contributed by atoms with Gasteiger partial charge in [-0.2, -0.15) is 0 Å². The molecule has 2 rings (SSSR count). The van der Waals surface area contributed by atoms with E-state index in [1.807, 2.05) is 31.6 Å². The first-order valence-electron chi connectivity index (χ1n) is 7.06. The summed E-state index contributed by atoms with van der Waals surface area (Å²) in [6, 6.07) is 10.5. The van der Waals surface area contributed by atoms with E-state index >= 15 is 0 Å². The first-order valence-corrected chi connectivity index (χ1v) is 7.06. The van der Waals surface area contributed by atoms with Gasteiger partial charge >= 0.3 is 0 Å². The van der Waals surface area contributed by atoms with E-state index in [0.29, 0.717) is 0 Å². The minimum Gasteiger partial charge on any atom is -0.494 e. The predicted octanol–water partition coefficient (Wildman–Crippen LogP) is 3.49. The molecule has 20 heavy (non-hydrogen) atoms. The van der Waals surface area contributed by atoms with Gasteiger partial charge in [-0.05, 0) is 55.3 Å². The van der Waals surface area contributed by atoms with Gasteiger partial charge in [0.25, 0.3) is 0 Å². The SMILES string of the molecule is CCCOc1ccc(C(NC)c2ccncc2C)cc1. The van der Waals surface area contributed by atoms with Gasteiger partial charge < -0.3 is 10.1 Å². The Hall–Kier alpha value is -1.87. The van der Waals surface area contributed by atoms with Crippen LogP contribution in [-0.2, 0) is 0 Å². The number of nitrogens with one attached hydrogen (secondary N) is 1. The minimum atomic E-state index is 0.179. The summed E-state index contributed by atoms with van der Waals surface area (Å²) in [6.45, 7) is 4.96. The largest absolute Gasteiger partial charge is 0.494 e. The van der Waals surface area contributed by atoms with Gasteiger partial charge in [0.1, 0.15) is 5.75 Å². The van der Waals surface area contributed by atoms with Crippen LogP contribution in [0.5, 0.6) is 5.75 Å². The van der Waals surface area contributed by atoms with Crippen molar-refractivity contribution >= 4 is 0 Å². The summed E-state index contributed by atoms with van der Waals surface area (Å²) in [6.07, 6.45) is 4.76. The Morgan fingerprint density at radius 2 is 1.95 bits per heavy atom. The number of hydrogen-bond acceptors (Lipinski definition) is 3. The average Bonchev–Trinajstić information content (AvgIpc) is 2.49. The average molecular weight is 270 g/mol. The Labute approximate surface area is 121 Å². The van der Waals surface area contributed by atoms with Gasteiger partial charge in [-0.25, -0.2) is 0 Å². The lowest BCUT2D eigenvalue weighted by atomic mass is 9.96. The lowest BCUT2D eigenvalue weighted by Crippen LogP contribution is -2.18. The first-order chi connectivity index (χ1) is 9.76. The third-order valence-electron chi connectivity index (χ3n) is 3.35. The molecule has 1 atom stereocenters. The monoisotopic (exact) mass is 270 g/mol. The van der Waals surface area contributed by atoms with Crippen molar-refractivity contribution in [2.45, 2.75) is 26.3 Å². The van der Waals surface area contributed by atoms with Crippen LogP contribution in [0.4, 0.5) is 0 Å². The number of rotatable bonds is 6. The number of hydrogen-bond donors (Lipinski definition) is 1. The first kappa shape index (κ1) is 14.5. The summed E-state index contributed by atoms with van der Waals surface area (Å²) < 4.78 is 5.62. The lowest BCUT2D eigenvalue weighted by molar-refractivity contribution is 0.317. The number of aromatic nitrogens is 1. The number of nitrogens with zero attached hydrogens (tertiary/aromatic N) is 1. The van der Waals surface area contributed by atoms with Gasteiger partial charge in [-0.3, -0.25) is 4.98 Å². The molecule has 0 radical (unpaired) electrons. The van der Waals surface area contributed by atoms with Crippen LogP contribution in [0.15, 0.2) is 42.7 Å².